The van der Waals surface area contributed by atoms with Crippen LogP contribution in [0.5, 0.6) is 0 Å². The summed E-state index contributed by atoms with van der Waals surface area (Å²) in [5.74, 6) is -2.89. The van der Waals surface area contributed by atoms with E-state index in [9.17, 15) is 19.5 Å². The number of fused-ring (bicyclic) bond motifs is 7. The normalized spacial score (nSPS) is 27.2. The number of Topliss-reactive ketones (excluding diaryl/α,β-unsaturated/α-hetero) is 1. The van der Waals surface area contributed by atoms with Gasteiger partial charge in [0, 0.05) is 17.9 Å². The van der Waals surface area contributed by atoms with Crippen molar-refractivity contribution in [1.29, 1.82) is 0 Å². The minimum Gasteiger partial charge on any atom is -0.757 e. The van der Waals surface area contributed by atoms with E-state index in [1.165, 1.54) is 7.11 Å². The first-order valence-electron chi connectivity index (χ1n) is 14.7. The van der Waals surface area contributed by atoms with Crippen molar-refractivity contribution in [2.45, 2.75) is 47.0 Å². The molecular weight excluding hydrogens is 581 g/mol. The molecule has 0 amide bonds. The fourth-order valence-corrected chi connectivity index (χ4v) is 6.82. The molecule has 1 N–H and O–H groups in total. The zero-order valence-corrected chi connectivity index (χ0v) is 27.6. The van der Waals surface area contributed by atoms with Crippen molar-refractivity contribution >= 4 is 46.3 Å². The van der Waals surface area contributed by atoms with Gasteiger partial charge in [0.05, 0.1) is 12.7 Å². The average Bonchev–Trinajstić information content (AvgIpc) is 3.72. The fraction of sp³-hybridized carbons (Fsp3) is 0.314. The predicted molar refractivity (Wildman–Crippen MR) is 172 cm³/mol. The molecule has 1 aliphatic carbocycles. The number of carboxylic acid groups (broad SMARTS) is 1. The Morgan fingerprint density at radius 3 is 2.67 bits per heavy atom. The van der Waals surface area contributed by atoms with Crippen molar-refractivity contribution in [3.63, 3.8) is 0 Å². The second-order valence-electron chi connectivity index (χ2n) is 11.6. The van der Waals surface area contributed by atoms with Crippen molar-refractivity contribution in [3.8, 4) is 0 Å². The topological polar surface area (TPSA) is 137 Å². The number of ether oxygens (including phenoxy) is 1. The third-order valence-electron chi connectivity index (χ3n) is 9.26. The summed E-state index contributed by atoms with van der Waals surface area (Å²) in [6, 6.07) is 0.607. The summed E-state index contributed by atoms with van der Waals surface area (Å²) in [7, 11) is 1.25. The van der Waals surface area contributed by atoms with E-state index in [0.29, 0.717) is 56.8 Å². The summed E-state index contributed by atoms with van der Waals surface area (Å²) in [5.41, 5.74) is 8.23. The number of carbonyl (C=O) groups excluding carboxylic acids is 2. The molecule has 0 unspecified atom stereocenters. The Kier molecular flexibility index (Phi) is 8.58. The van der Waals surface area contributed by atoms with E-state index >= 15 is 0 Å². The molecule has 4 aliphatic heterocycles. The van der Waals surface area contributed by atoms with E-state index in [2.05, 4.69) is 20.1 Å². The quantitative estimate of drug-likeness (QED) is 0.165. The number of ketones is 1. The molecule has 0 aromatic carbocycles. The number of aromatic nitrogens is 1. The number of esters is 1. The summed E-state index contributed by atoms with van der Waals surface area (Å²) in [6.45, 7) is 16.2. The van der Waals surface area contributed by atoms with Gasteiger partial charge >= 0.3 is 35.0 Å². The van der Waals surface area contributed by atoms with Crippen LogP contribution >= 0.6 is 0 Å². The molecule has 45 heavy (non-hydrogen) atoms. The largest absolute Gasteiger partial charge is 2.00 e. The van der Waals surface area contributed by atoms with Gasteiger partial charge in [0.2, 0.25) is 0 Å². The van der Waals surface area contributed by atoms with E-state index in [1.807, 2.05) is 39.3 Å². The van der Waals surface area contributed by atoms with Gasteiger partial charge in [0.15, 0.2) is 5.78 Å². The van der Waals surface area contributed by atoms with E-state index in [4.69, 9.17) is 25.7 Å². The van der Waals surface area contributed by atoms with Crippen molar-refractivity contribution in [2.75, 3.05) is 7.11 Å². The first-order valence-corrected chi connectivity index (χ1v) is 14.7. The standard InChI is InChI=1S/C35H35N4O5.Mg/c1-8-19-15(3)22-12-24-17(5)21(10-11-28(40)41)32(38-24)30-31(35(43)44-7)34(42)29-18(6)25(39-33(29)30)14-27-20(9-2)16(4)23(37-27)13-26(19)36-22;/h8,12-14,17,21,31H,1,3,9-11H2,2,4-7H3,(H3,38,39,40,41,42);/q-3;+2/p-2/b23-13-,24-12-;/t17-,21-,31+;/m0./s1. The Balaban J connectivity index is 0.00000400. The van der Waals surface area contributed by atoms with Gasteiger partial charge in [-0.3, -0.25) is 37.8 Å². The smallest absolute Gasteiger partial charge is 0.757 e. The summed E-state index contributed by atoms with van der Waals surface area (Å²) in [5, 5.41) is 24.5. The first kappa shape index (κ1) is 32.2. The SMILES string of the molecule is C=CC1=C2/C=C3\[N-]C(=C(CC)[C-]3C)[CH-]c3[n-]c4c(c3C)C(=O)[C@H](C(=O)OC)/C4=C3/[N-]/C(=C\[C+]([N-]2)C1=C)[C@@H](C)[C@@H]3CCC(=O)O.[Mg+2]. The number of rotatable bonds is 6. The Morgan fingerprint density at radius 2 is 2.02 bits per heavy atom. The number of methoxy groups -OCH3 is 1. The van der Waals surface area contributed by atoms with Crippen LogP contribution in [0.4, 0.5) is 0 Å². The molecule has 0 radical (unpaired) electrons. The van der Waals surface area contributed by atoms with Crippen molar-refractivity contribution < 1.29 is 24.2 Å². The minimum atomic E-state index is -1.24. The molecule has 5 heterocycles. The molecule has 9 nitrogen and oxygen atoms in total. The number of hydrogen-bond acceptors (Lipinski definition) is 4. The van der Waals surface area contributed by atoms with Gasteiger partial charge in [0.1, 0.15) is 5.92 Å². The van der Waals surface area contributed by atoms with Crippen molar-refractivity contribution in [2.24, 2.45) is 17.8 Å². The van der Waals surface area contributed by atoms with Crippen LogP contribution in [0.15, 0.2) is 76.6 Å². The van der Waals surface area contributed by atoms with Crippen LogP contribution in [0.25, 0.3) is 21.5 Å². The predicted octanol–water partition coefficient (Wildman–Crippen LogP) is 6.67. The minimum absolute atomic E-state index is 0. The summed E-state index contributed by atoms with van der Waals surface area (Å²) in [4.78, 5) is 43.8. The summed E-state index contributed by atoms with van der Waals surface area (Å²) >= 11 is 0. The molecule has 3 atom stereocenters. The summed E-state index contributed by atoms with van der Waals surface area (Å²) < 4.78 is 5.11. The van der Waals surface area contributed by atoms with Crippen LogP contribution < -0.4 is 4.98 Å². The molecule has 0 spiro atoms. The maximum atomic E-state index is 14.0. The third kappa shape index (κ3) is 5.00. The molecule has 228 valence electrons. The van der Waals surface area contributed by atoms with E-state index in [1.54, 1.807) is 6.08 Å². The maximum Gasteiger partial charge on any atom is 2.00 e. The van der Waals surface area contributed by atoms with Gasteiger partial charge < -0.3 is 36.5 Å². The molecule has 0 saturated carbocycles. The molecule has 5 aliphatic rings. The monoisotopic (exact) mass is 613 g/mol. The Morgan fingerprint density at radius 1 is 1.29 bits per heavy atom. The average molecular weight is 614 g/mol. The van der Waals surface area contributed by atoms with E-state index in [0.717, 1.165) is 34.9 Å². The zero-order chi connectivity index (χ0) is 31.6. The van der Waals surface area contributed by atoms with E-state index < -0.39 is 23.6 Å². The zero-order valence-electron chi connectivity index (χ0n) is 26.2. The van der Waals surface area contributed by atoms with Crippen LogP contribution in [-0.2, 0) is 14.3 Å². The van der Waals surface area contributed by atoms with Gasteiger partial charge in [0.25, 0.3) is 0 Å². The second-order valence-corrected chi connectivity index (χ2v) is 11.6. The van der Waals surface area contributed by atoms with E-state index in [-0.39, 0.29) is 47.7 Å². The molecule has 1 fully saturated rings. The second kappa shape index (κ2) is 12.0. The first-order chi connectivity index (χ1) is 21.0. The molecule has 1 aromatic heterocycles. The van der Waals surface area contributed by atoms with Gasteiger partial charge in [-0.05, 0) is 42.7 Å². The van der Waals surface area contributed by atoms with Gasteiger partial charge in [-0.2, -0.15) is 11.6 Å². The number of hydrogen-bond donors (Lipinski definition) is 1. The molecule has 10 heteroatoms. The third-order valence-corrected chi connectivity index (χ3v) is 9.26. The molecule has 1 saturated heterocycles. The molecular formula is C35H33MgN4O5-3. The van der Waals surface area contributed by atoms with Crippen LogP contribution in [0.3, 0.4) is 0 Å². The van der Waals surface area contributed by atoms with Crippen molar-refractivity contribution in [3.05, 3.63) is 133 Å². The maximum absolute atomic E-state index is 14.0. The fourth-order valence-electron chi connectivity index (χ4n) is 6.82. The Labute approximate surface area is 279 Å². The van der Waals surface area contributed by atoms with Gasteiger partial charge in [-0.25, -0.2) is 5.92 Å². The van der Waals surface area contributed by atoms with Gasteiger partial charge in [-0.15, -0.1) is 17.1 Å². The van der Waals surface area contributed by atoms with Crippen molar-refractivity contribution in [1.82, 2.24) is 4.98 Å². The number of aliphatic carboxylic acids is 1. The van der Waals surface area contributed by atoms with Crippen LogP contribution in [-0.4, -0.2) is 53.0 Å². The number of carboxylic acids is 1. The van der Waals surface area contributed by atoms with Gasteiger partial charge in [-0.1, -0.05) is 52.0 Å². The number of carbonyl (C=O) groups is 3. The molecule has 8 bridgehead atoms. The molecule has 1 aromatic rings. The van der Waals surface area contributed by atoms with Crippen LogP contribution in [0.1, 0.15) is 67.3 Å². The summed E-state index contributed by atoms with van der Waals surface area (Å²) in [6.07, 6.45) is 8.30. The number of allylic oxidation sites excluding steroid dienone is 6. The Bertz CT molecular complexity index is 1700. The number of nitrogens with zero attached hydrogens (tertiary/aromatic N) is 4. The molecule has 6 rings (SSSR count). The van der Waals surface area contributed by atoms with Crippen LogP contribution in [0.2, 0.25) is 0 Å². The van der Waals surface area contributed by atoms with Crippen LogP contribution in [0, 0.1) is 43.1 Å². The Hall–Kier alpha value is -4.15.